The van der Waals surface area contributed by atoms with Crippen molar-refractivity contribution < 1.29 is 4.74 Å². The maximum atomic E-state index is 5.13. The van der Waals surface area contributed by atoms with Crippen LogP contribution >= 0.6 is 11.8 Å². The maximum absolute atomic E-state index is 5.13. The second-order valence-electron chi connectivity index (χ2n) is 4.68. The zero-order valence-electron chi connectivity index (χ0n) is 12.3. The molecule has 20 heavy (non-hydrogen) atoms. The van der Waals surface area contributed by atoms with Gasteiger partial charge in [0.25, 0.3) is 0 Å². The molecule has 0 fully saturated rings. The molecule has 0 unspecified atom stereocenters. The highest BCUT2D eigenvalue weighted by Gasteiger charge is 2.07. The van der Waals surface area contributed by atoms with Crippen molar-refractivity contribution in [1.82, 2.24) is 0 Å². The van der Waals surface area contributed by atoms with Crippen LogP contribution in [-0.4, -0.2) is 13.3 Å². The molecule has 0 saturated heterocycles. The molecule has 2 nitrogen and oxygen atoms in total. The Morgan fingerprint density at radius 3 is 2.45 bits per heavy atom. The van der Waals surface area contributed by atoms with Crippen molar-refractivity contribution >= 4 is 23.7 Å². The Labute approximate surface area is 125 Å². The number of rotatable bonds is 3. The minimum Gasteiger partial charge on any atom is -0.497 e. The first-order valence-corrected chi connectivity index (χ1v) is 7.34. The van der Waals surface area contributed by atoms with Gasteiger partial charge in [0.2, 0.25) is 0 Å². The lowest BCUT2D eigenvalue weighted by molar-refractivity contribution is 0.415. The first-order chi connectivity index (χ1) is 9.60. The number of nitrogens with zero attached hydrogens (tertiary/aromatic N) is 1. The highest BCUT2D eigenvalue weighted by atomic mass is 32.2. The Hall–Kier alpha value is -1.74. The van der Waals surface area contributed by atoms with E-state index in [0.717, 1.165) is 11.4 Å². The number of thioether (sulfide) groups is 1. The Bertz CT molecular complexity index is 606. The van der Waals surface area contributed by atoms with E-state index in [-0.39, 0.29) is 0 Å². The molecule has 0 N–H and O–H groups in total. The van der Waals surface area contributed by atoms with Crippen LogP contribution in [0.4, 0.5) is 5.69 Å². The average molecular weight is 285 g/mol. The number of aliphatic imine (C=N–C) groups is 1. The van der Waals surface area contributed by atoms with Crippen LogP contribution in [0.5, 0.6) is 5.75 Å². The van der Waals surface area contributed by atoms with E-state index in [0.29, 0.717) is 0 Å². The molecule has 0 aliphatic carbocycles. The van der Waals surface area contributed by atoms with Crippen LogP contribution in [0.3, 0.4) is 0 Å². The molecule has 104 valence electrons. The van der Waals surface area contributed by atoms with Gasteiger partial charge < -0.3 is 4.74 Å². The molecule has 1 aliphatic rings. The average Bonchev–Trinajstić information content (AvgIpc) is 2.48. The van der Waals surface area contributed by atoms with Crippen molar-refractivity contribution in [3.8, 4) is 5.75 Å². The van der Waals surface area contributed by atoms with Gasteiger partial charge in [0.15, 0.2) is 0 Å². The summed E-state index contributed by atoms with van der Waals surface area (Å²) < 4.78 is 5.13. The molecule has 1 aromatic carbocycles. The Morgan fingerprint density at radius 2 is 1.85 bits per heavy atom. The summed E-state index contributed by atoms with van der Waals surface area (Å²) in [6.45, 7) is 6.38. The van der Waals surface area contributed by atoms with E-state index in [9.17, 15) is 0 Å². The van der Waals surface area contributed by atoms with Crippen LogP contribution in [0.2, 0.25) is 0 Å². The van der Waals surface area contributed by atoms with E-state index >= 15 is 0 Å². The highest BCUT2D eigenvalue weighted by Crippen LogP contribution is 2.34. The number of methoxy groups -OCH3 is 1. The van der Waals surface area contributed by atoms with Crippen molar-refractivity contribution in [3.63, 3.8) is 0 Å². The molecule has 0 atom stereocenters. The van der Waals surface area contributed by atoms with Gasteiger partial charge in [-0.3, -0.25) is 4.99 Å². The van der Waals surface area contributed by atoms with Gasteiger partial charge in [-0.1, -0.05) is 17.8 Å². The molecule has 0 spiro atoms. The first-order valence-electron chi connectivity index (χ1n) is 6.52. The van der Waals surface area contributed by atoms with Gasteiger partial charge in [-0.25, -0.2) is 0 Å². The number of ether oxygens (including phenoxy) is 1. The first kappa shape index (κ1) is 14.7. The summed E-state index contributed by atoms with van der Waals surface area (Å²) in [5, 5.41) is 0. The molecule has 3 heteroatoms. The molecule has 1 heterocycles. The van der Waals surface area contributed by atoms with Crippen LogP contribution in [0.15, 0.2) is 62.4 Å². The third kappa shape index (κ3) is 3.64. The predicted octanol–water partition coefficient (Wildman–Crippen LogP) is 5.27. The van der Waals surface area contributed by atoms with Gasteiger partial charge in [0.05, 0.1) is 12.8 Å². The third-order valence-corrected chi connectivity index (χ3v) is 4.48. The smallest absolute Gasteiger partial charge is 0.119 e. The van der Waals surface area contributed by atoms with Crippen LogP contribution in [0.25, 0.3) is 0 Å². The lowest BCUT2D eigenvalue weighted by atomic mass is 10.2. The minimum absolute atomic E-state index is 0.848. The largest absolute Gasteiger partial charge is 0.497 e. The molecule has 0 radical (unpaired) electrons. The lowest BCUT2D eigenvalue weighted by Gasteiger charge is -2.12. The van der Waals surface area contributed by atoms with Crippen LogP contribution in [0, 0.1) is 0 Å². The summed E-state index contributed by atoms with van der Waals surface area (Å²) in [7, 11) is 1.66. The van der Waals surface area contributed by atoms with Crippen molar-refractivity contribution in [3.05, 3.63) is 57.4 Å². The molecule has 0 amide bonds. The number of hydrogen-bond donors (Lipinski definition) is 0. The van der Waals surface area contributed by atoms with Gasteiger partial charge in [-0.15, -0.1) is 0 Å². The van der Waals surface area contributed by atoms with E-state index < -0.39 is 0 Å². The summed E-state index contributed by atoms with van der Waals surface area (Å²) in [5.74, 6) is 0.848. The summed E-state index contributed by atoms with van der Waals surface area (Å²) in [4.78, 5) is 7.10. The summed E-state index contributed by atoms with van der Waals surface area (Å²) in [6, 6.07) is 7.74. The highest BCUT2D eigenvalue weighted by molar-refractivity contribution is 8.07. The topological polar surface area (TPSA) is 21.6 Å². The molecular formula is C17H19NOS. The van der Waals surface area contributed by atoms with Crippen molar-refractivity contribution in [2.24, 2.45) is 4.99 Å². The van der Waals surface area contributed by atoms with E-state index in [2.05, 4.69) is 37.9 Å². The monoisotopic (exact) mass is 285 g/mol. The minimum atomic E-state index is 0.848. The maximum Gasteiger partial charge on any atom is 0.119 e. The van der Waals surface area contributed by atoms with Gasteiger partial charge in [-0.2, -0.15) is 0 Å². The predicted molar refractivity (Wildman–Crippen MR) is 89.0 cm³/mol. The summed E-state index contributed by atoms with van der Waals surface area (Å²) in [5.41, 5.74) is 3.44. The fourth-order valence-electron chi connectivity index (χ4n) is 1.71. The zero-order chi connectivity index (χ0) is 14.5. The van der Waals surface area contributed by atoms with E-state index in [1.807, 2.05) is 30.5 Å². The van der Waals surface area contributed by atoms with Crippen LogP contribution < -0.4 is 4.74 Å². The SMILES string of the molecule is COc1ccc(N=C/C(C)=C2\C=CC(C)=C(C)S2)cc1. The summed E-state index contributed by atoms with van der Waals surface area (Å²) >= 11 is 1.80. The molecule has 2 rings (SSSR count). The van der Waals surface area contributed by atoms with Crippen molar-refractivity contribution in [2.45, 2.75) is 20.8 Å². The molecule has 0 bridgehead atoms. The van der Waals surface area contributed by atoms with Gasteiger partial charge >= 0.3 is 0 Å². The Balaban J connectivity index is 2.13. The van der Waals surface area contributed by atoms with Crippen LogP contribution in [0.1, 0.15) is 20.8 Å². The molecule has 0 aromatic heterocycles. The van der Waals surface area contributed by atoms with Crippen LogP contribution in [-0.2, 0) is 0 Å². The zero-order valence-corrected chi connectivity index (χ0v) is 13.1. The van der Waals surface area contributed by atoms with Gasteiger partial charge in [-0.05, 0) is 67.2 Å². The second-order valence-corrected chi connectivity index (χ2v) is 5.93. The fourth-order valence-corrected chi connectivity index (χ4v) is 2.62. The number of benzene rings is 1. The van der Waals surface area contributed by atoms with E-state index in [1.165, 1.54) is 21.0 Å². The lowest BCUT2D eigenvalue weighted by Crippen LogP contribution is -1.89. The van der Waals surface area contributed by atoms with E-state index in [4.69, 9.17) is 4.74 Å². The van der Waals surface area contributed by atoms with E-state index in [1.54, 1.807) is 18.9 Å². The van der Waals surface area contributed by atoms with Gasteiger partial charge in [0.1, 0.15) is 5.75 Å². The number of allylic oxidation sites excluding steroid dienone is 5. The second kappa shape index (κ2) is 6.62. The fraction of sp³-hybridized carbons (Fsp3) is 0.235. The van der Waals surface area contributed by atoms with Gasteiger partial charge in [0, 0.05) is 11.1 Å². The quantitative estimate of drug-likeness (QED) is 0.706. The standard InChI is InChI=1S/C17H19NOS/c1-12-5-10-17(20-14(12)3)13(2)11-18-15-6-8-16(19-4)9-7-15/h5-11H,1-4H3/b17-13+,18-11?. The normalized spacial score (nSPS) is 17.8. The Morgan fingerprint density at radius 1 is 1.15 bits per heavy atom. The molecule has 1 aromatic rings. The molecular weight excluding hydrogens is 266 g/mol. The number of hydrogen-bond acceptors (Lipinski definition) is 3. The molecule has 1 aliphatic heterocycles. The molecule has 0 saturated carbocycles. The van der Waals surface area contributed by atoms with Crippen molar-refractivity contribution in [1.29, 1.82) is 0 Å². The van der Waals surface area contributed by atoms with Crippen molar-refractivity contribution in [2.75, 3.05) is 7.11 Å². The summed E-state index contributed by atoms with van der Waals surface area (Å²) in [6.07, 6.45) is 6.23. The third-order valence-electron chi connectivity index (χ3n) is 3.17. The Kier molecular flexibility index (Phi) is 4.85.